The van der Waals surface area contributed by atoms with Gasteiger partial charge < -0.3 is 10.1 Å². The van der Waals surface area contributed by atoms with Crippen LogP contribution in [-0.2, 0) is 17.9 Å². The van der Waals surface area contributed by atoms with Gasteiger partial charge in [-0.1, -0.05) is 23.4 Å². The van der Waals surface area contributed by atoms with Crippen LogP contribution in [0.15, 0.2) is 54.7 Å². The lowest BCUT2D eigenvalue weighted by atomic mass is 10.2. The Balaban J connectivity index is 1.53. The first kappa shape index (κ1) is 18.1. The van der Waals surface area contributed by atoms with Crippen molar-refractivity contribution >= 4 is 17.3 Å². The highest BCUT2D eigenvalue weighted by Gasteiger charge is 2.09. The number of non-ortho nitro benzene ring substituents is 1. The molecule has 0 aliphatic carbocycles. The van der Waals surface area contributed by atoms with Gasteiger partial charge in [-0.25, -0.2) is 4.68 Å². The normalized spacial score (nSPS) is 10.4. The predicted octanol–water partition coefficient (Wildman–Crippen LogP) is 2.71. The van der Waals surface area contributed by atoms with Crippen LogP contribution in [-0.4, -0.2) is 25.8 Å². The van der Waals surface area contributed by atoms with Crippen LogP contribution in [0.2, 0.25) is 0 Å². The van der Waals surface area contributed by atoms with Crippen LogP contribution in [0.4, 0.5) is 11.4 Å². The van der Waals surface area contributed by atoms with Crippen LogP contribution in [0.25, 0.3) is 0 Å². The maximum absolute atomic E-state index is 12.1. The zero-order chi connectivity index (χ0) is 19.2. The highest BCUT2D eigenvalue weighted by molar-refractivity contribution is 5.91. The SMILES string of the molecule is Cc1ccccc1NC(=O)Cn1cc(COc2ccc([N+](=O)[O-])cc2)nn1. The molecule has 1 aromatic heterocycles. The summed E-state index contributed by atoms with van der Waals surface area (Å²) in [7, 11) is 0. The van der Waals surface area contributed by atoms with Crippen LogP contribution in [0.5, 0.6) is 5.75 Å². The highest BCUT2D eigenvalue weighted by atomic mass is 16.6. The summed E-state index contributed by atoms with van der Waals surface area (Å²) in [6, 6.07) is 13.3. The van der Waals surface area contributed by atoms with Crippen LogP contribution in [0.1, 0.15) is 11.3 Å². The van der Waals surface area contributed by atoms with E-state index < -0.39 is 4.92 Å². The molecule has 0 bridgehead atoms. The lowest BCUT2D eigenvalue weighted by molar-refractivity contribution is -0.384. The number of aryl methyl sites for hydroxylation is 1. The van der Waals surface area contributed by atoms with E-state index in [1.54, 1.807) is 6.20 Å². The number of carbonyl (C=O) groups is 1. The number of aromatic nitrogens is 3. The predicted molar refractivity (Wildman–Crippen MR) is 97.3 cm³/mol. The summed E-state index contributed by atoms with van der Waals surface area (Å²) >= 11 is 0. The maximum atomic E-state index is 12.1. The molecule has 0 atom stereocenters. The third-order valence-corrected chi connectivity index (χ3v) is 3.75. The number of rotatable bonds is 7. The molecule has 9 nitrogen and oxygen atoms in total. The monoisotopic (exact) mass is 367 g/mol. The smallest absolute Gasteiger partial charge is 0.269 e. The van der Waals surface area contributed by atoms with E-state index in [0.29, 0.717) is 11.4 Å². The summed E-state index contributed by atoms with van der Waals surface area (Å²) in [4.78, 5) is 22.3. The summed E-state index contributed by atoms with van der Waals surface area (Å²) in [6.45, 7) is 2.08. The molecule has 1 amide bonds. The molecule has 3 aromatic rings. The molecule has 0 aliphatic rings. The van der Waals surface area contributed by atoms with Gasteiger partial charge in [0.15, 0.2) is 0 Å². The number of nitro benzene ring substituents is 1. The number of nitrogens with one attached hydrogen (secondary N) is 1. The number of nitro groups is 1. The van der Waals surface area contributed by atoms with E-state index in [1.807, 2.05) is 31.2 Å². The van der Waals surface area contributed by atoms with Gasteiger partial charge in [0.25, 0.3) is 5.69 Å². The van der Waals surface area contributed by atoms with Gasteiger partial charge in [-0.05, 0) is 30.7 Å². The van der Waals surface area contributed by atoms with E-state index in [2.05, 4.69) is 15.6 Å². The average molecular weight is 367 g/mol. The standard InChI is InChI=1S/C18H17N5O4/c1-13-4-2-3-5-17(13)19-18(24)11-22-10-14(20-21-22)12-27-16-8-6-15(7-9-16)23(25)26/h2-10H,11-12H2,1H3,(H,19,24). The van der Waals surface area contributed by atoms with E-state index >= 15 is 0 Å². The van der Waals surface area contributed by atoms with Gasteiger partial charge in [0.05, 0.1) is 11.1 Å². The zero-order valence-electron chi connectivity index (χ0n) is 14.5. The first-order chi connectivity index (χ1) is 13.0. The molecule has 1 heterocycles. The summed E-state index contributed by atoms with van der Waals surface area (Å²) in [5.74, 6) is 0.268. The number of nitrogens with zero attached hydrogens (tertiary/aromatic N) is 4. The molecule has 138 valence electrons. The van der Waals surface area contributed by atoms with Crippen molar-refractivity contribution in [3.63, 3.8) is 0 Å². The van der Waals surface area contributed by atoms with Crippen molar-refractivity contribution in [2.24, 2.45) is 0 Å². The van der Waals surface area contributed by atoms with Crippen molar-refractivity contribution in [3.05, 3.63) is 76.1 Å². The second kappa shape index (κ2) is 8.09. The molecule has 0 aliphatic heterocycles. The molecular formula is C18H17N5O4. The molecule has 0 unspecified atom stereocenters. The zero-order valence-corrected chi connectivity index (χ0v) is 14.5. The van der Waals surface area contributed by atoms with E-state index in [4.69, 9.17) is 4.74 Å². The minimum atomic E-state index is -0.475. The number of ether oxygens (including phenoxy) is 1. The molecule has 0 radical (unpaired) electrons. The Morgan fingerprint density at radius 1 is 1.22 bits per heavy atom. The molecule has 0 spiro atoms. The van der Waals surface area contributed by atoms with Crippen molar-refractivity contribution in [2.75, 3.05) is 5.32 Å². The Hall–Kier alpha value is -3.75. The molecule has 0 fully saturated rings. The molecule has 0 saturated heterocycles. The first-order valence-corrected chi connectivity index (χ1v) is 8.13. The third kappa shape index (κ3) is 4.88. The van der Waals surface area contributed by atoms with Gasteiger partial charge in [-0.3, -0.25) is 14.9 Å². The lowest BCUT2D eigenvalue weighted by Gasteiger charge is -2.07. The third-order valence-electron chi connectivity index (χ3n) is 3.75. The second-order valence-corrected chi connectivity index (χ2v) is 5.81. The fourth-order valence-electron chi connectivity index (χ4n) is 2.35. The van der Waals surface area contributed by atoms with Crippen LogP contribution in [0, 0.1) is 17.0 Å². The Morgan fingerprint density at radius 2 is 1.96 bits per heavy atom. The highest BCUT2D eigenvalue weighted by Crippen LogP contribution is 2.18. The number of hydrogen-bond donors (Lipinski definition) is 1. The number of benzene rings is 2. The fourth-order valence-corrected chi connectivity index (χ4v) is 2.35. The van der Waals surface area contributed by atoms with E-state index in [0.717, 1.165) is 11.3 Å². The molecular weight excluding hydrogens is 350 g/mol. The van der Waals surface area contributed by atoms with Gasteiger partial charge >= 0.3 is 0 Å². The van der Waals surface area contributed by atoms with Crippen LogP contribution in [0.3, 0.4) is 0 Å². The summed E-state index contributed by atoms with van der Waals surface area (Å²) < 4.78 is 6.94. The van der Waals surface area contributed by atoms with Gasteiger partial charge in [-0.15, -0.1) is 5.10 Å². The number of amides is 1. The molecule has 9 heteroatoms. The van der Waals surface area contributed by atoms with Crippen molar-refractivity contribution in [2.45, 2.75) is 20.1 Å². The van der Waals surface area contributed by atoms with Crippen molar-refractivity contribution in [3.8, 4) is 5.75 Å². The van der Waals surface area contributed by atoms with Crippen LogP contribution >= 0.6 is 0 Å². The Morgan fingerprint density at radius 3 is 2.67 bits per heavy atom. The van der Waals surface area contributed by atoms with Gasteiger partial charge in [0.2, 0.25) is 5.91 Å². The fraction of sp³-hybridized carbons (Fsp3) is 0.167. The summed E-state index contributed by atoms with van der Waals surface area (Å²) in [6.07, 6.45) is 1.61. The minimum Gasteiger partial charge on any atom is -0.487 e. The summed E-state index contributed by atoms with van der Waals surface area (Å²) in [5.41, 5.74) is 2.26. The van der Waals surface area contributed by atoms with Gasteiger partial charge in [0.1, 0.15) is 24.6 Å². The van der Waals surface area contributed by atoms with E-state index in [1.165, 1.54) is 28.9 Å². The Labute approximate surface area is 154 Å². The van der Waals surface area contributed by atoms with E-state index in [-0.39, 0.29) is 24.7 Å². The topological polar surface area (TPSA) is 112 Å². The quantitative estimate of drug-likeness (QED) is 0.507. The lowest BCUT2D eigenvalue weighted by Crippen LogP contribution is -2.19. The minimum absolute atomic E-state index is 0.00652. The number of para-hydroxylation sites is 1. The van der Waals surface area contributed by atoms with Crippen LogP contribution < -0.4 is 10.1 Å². The number of anilines is 1. The Kier molecular flexibility index (Phi) is 5.41. The molecule has 2 aromatic carbocycles. The van der Waals surface area contributed by atoms with Gasteiger partial charge in [0, 0.05) is 17.8 Å². The molecule has 27 heavy (non-hydrogen) atoms. The number of carbonyl (C=O) groups excluding carboxylic acids is 1. The van der Waals surface area contributed by atoms with E-state index in [9.17, 15) is 14.9 Å². The number of hydrogen-bond acceptors (Lipinski definition) is 6. The molecule has 3 rings (SSSR count). The van der Waals surface area contributed by atoms with Crippen molar-refractivity contribution in [1.29, 1.82) is 0 Å². The van der Waals surface area contributed by atoms with Crippen molar-refractivity contribution in [1.82, 2.24) is 15.0 Å². The largest absolute Gasteiger partial charge is 0.487 e. The Bertz CT molecular complexity index is 952. The van der Waals surface area contributed by atoms with Crippen molar-refractivity contribution < 1.29 is 14.5 Å². The second-order valence-electron chi connectivity index (χ2n) is 5.81. The molecule has 1 N–H and O–H groups in total. The average Bonchev–Trinajstić information content (AvgIpc) is 3.09. The summed E-state index contributed by atoms with van der Waals surface area (Å²) in [5, 5.41) is 21.3. The molecule has 0 saturated carbocycles. The maximum Gasteiger partial charge on any atom is 0.269 e. The first-order valence-electron chi connectivity index (χ1n) is 8.13. The van der Waals surface area contributed by atoms with Gasteiger partial charge in [-0.2, -0.15) is 0 Å².